The van der Waals surface area contributed by atoms with Gasteiger partial charge < -0.3 is 15.5 Å². The first-order valence-electron chi connectivity index (χ1n) is 8.91. The van der Waals surface area contributed by atoms with Crippen molar-refractivity contribution in [2.45, 2.75) is 32.0 Å². The monoisotopic (exact) mass is 433 g/mol. The Morgan fingerprint density at radius 2 is 2.04 bits per heavy atom. The molecule has 1 atom stereocenters. The van der Waals surface area contributed by atoms with Crippen LogP contribution in [0.1, 0.15) is 25.3 Å². The summed E-state index contributed by atoms with van der Waals surface area (Å²) in [6.07, 6.45) is -2.06. The molecule has 1 saturated heterocycles. The van der Waals surface area contributed by atoms with Crippen molar-refractivity contribution in [2.75, 3.05) is 30.3 Å². The van der Waals surface area contributed by atoms with E-state index in [0.29, 0.717) is 22.3 Å². The number of nitrogens with one attached hydrogen (secondary N) is 2. The lowest BCUT2D eigenvalue weighted by Gasteiger charge is -2.33. The summed E-state index contributed by atoms with van der Waals surface area (Å²) in [4.78, 5) is 10.1. The zero-order valence-corrected chi connectivity index (χ0v) is 16.7. The van der Waals surface area contributed by atoms with Crippen LogP contribution in [0.2, 0.25) is 10.0 Å². The van der Waals surface area contributed by atoms with E-state index < -0.39 is 11.7 Å². The van der Waals surface area contributed by atoms with Gasteiger partial charge in [0.25, 0.3) is 0 Å². The molecule has 2 heterocycles. The van der Waals surface area contributed by atoms with E-state index in [1.807, 2.05) is 6.92 Å². The third-order valence-corrected chi connectivity index (χ3v) is 5.30. The Labute approximate surface area is 171 Å². The predicted octanol–water partition coefficient (Wildman–Crippen LogP) is 5.44. The number of aromatic nitrogens is 2. The second-order valence-electron chi connectivity index (χ2n) is 6.58. The van der Waals surface area contributed by atoms with Crippen LogP contribution >= 0.6 is 23.2 Å². The predicted molar refractivity (Wildman–Crippen MR) is 106 cm³/mol. The molecule has 2 N–H and O–H groups in total. The van der Waals surface area contributed by atoms with Crippen LogP contribution in [-0.4, -0.2) is 40.5 Å². The molecule has 2 aromatic rings. The number of benzene rings is 1. The van der Waals surface area contributed by atoms with Crippen molar-refractivity contribution in [3.05, 3.63) is 40.0 Å². The van der Waals surface area contributed by atoms with Gasteiger partial charge in [-0.2, -0.15) is 18.2 Å². The SMILES string of the molecule is CCN1CCCC(Nc2nc(Nc3ccc(Cl)c(Cl)c3)ncc2C(F)(F)F)C1. The van der Waals surface area contributed by atoms with Gasteiger partial charge in [-0.05, 0) is 44.1 Å². The summed E-state index contributed by atoms with van der Waals surface area (Å²) in [5.41, 5.74) is -0.365. The summed E-state index contributed by atoms with van der Waals surface area (Å²) in [6, 6.07) is 4.67. The molecule has 0 amide bonds. The molecule has 0 radical (unpaired) electrons. The molecule has 0 bridgehead atoms. The van der Waals surface area contributed by atoms with Crippen molar-refractivity contribution >= 4 is 40.7 Å². The first kappa shape index (κ1) is 21.0. The molecular formula is C18H20Cl2F3N5. The van der Waals surface area contributed by atoms with Crippen LogP contribution in [0.3, 0.4) is 0 Å². The molecule has 10 heteroatoms. The summed E-state index contributed by atoms with van der Waals surface area (Å²) in [7, 11) is 0. The third kappa shape index (κ3) is 5.18. The van der Waals surface area contributed by atoms with Gasteiger partial charge in [-0.3, -0.25) is 0 Å². The Kier molecular flexibility index (Phi) is 6.52. The van der Waals surface area contributed by atoms with Crippen molar-refractivity contribution in [3.63, 3.8) is 0 Å². The van der Waals surface area contributed by atoms with Gasteiger partial charge in [0, 0.05) is 24.5 Å². The lowest BCUT2D eigenvalue weighted by atomic mass is 10.1. The lowest BCUT2D eigenvalue weighted by Crippen LogP contribution is -2.42. The first-order valence-corrected chi connectivity index (χ1v) is 9.67. The van der Waals surface area contributed by atoms with Crippen molar-refractivity contribution < 1.29 is 13.2 Å². The third-order valence-electron chi connectivity index (χ3n) is 4.56. The molecule has 28 heavy (non-hydrogen) atoms. The van der Waals surface area contributed by atoms with E-state index in [1.165, 1.54) is 0 Å². The van der Waals surface area contributed by atoms with Crippen molar-refractivity contribution in [3.8, 4) is 0 Å². The largest absolute Gasteiger partial charge is 0.421 e. The molecule has 5 nitrogen and oxygen atoms in total. The molecule has 1 aromatic heterocycles. The molecule has 1 aromatic carbocycles. The number of piperidine rings is 1. The number of hydrogen-bond acceptors (Lipinski definition) is 5. The Morgan fingerprint density at radius 3 is 2.71 bits per heavy atom. The highest BCUT2D eigenvalue weighted by Gasteiger charge is 2.36. The van der Waals surface area contributed by atoms with E-state index in [0.717, 1.165) is 32.1 Å². The number of nitrogens with zero attached hydrogens (tertiary/aromatic N) is 3. The Balaban J connectivity index is 1.85. The first-order chi connectivity index (χ1) is 13.3. The number of likely N-dealkylation sites (tertiary alicyclic amines) is 1. The molecule has 3 rings (SSSR count). The van der Waals surface area contributed by atoms with Crippen LogP contribution in [0.5, 0.6) is 0 Å². The highest BCUT2D eigenvalue weighted by molar-refractivity contribution is 6.42. The number of likely N-dealkylation sites (N-methyl/N-ethyl adjacent to an activating group) is 1. The van der Waals surface area contributed by atoms with E-state index >= 15 is 0 Å². The average molecular weight is 434 g/mol. The summed E-state index contributed by atoms with van der Waals surface area (Å²) in [6.45, 7) is 4.52. The van der Waals surface area contributed by atoms with Crippen LogP contribution in [0.15, 0.2) is 24.4 Å². The molecular weight excluding hydrogens is 414 g/mol. The fraction of sp³-hybridized carbons (Fsp3) is 0.444. The molecule has 1 aliphatic rings. The van der Waals surface area contributed by atoms with E-state index in [1.54, 1.807) is 18.2 Å². The molecule has 0 saturated carbocycles. The number of hydrogen-bond donors (Lipinski definition) is 2. The van der Waals surface area contributed by atoms with Gasteiger partial charge >= 0.3 is 6.18 Å². The van der Waals surface area contributed by atoms with Gasteiger partial charge in [-0.25, -0.2) is 4.98 Å². The van der Waals surface area contributed by atoms with Crippen LogP contribution in [-0.2, 0) is 6.18 Å². The maximum atomic E-state index is 13.4. The van der Waals surface area contributed by atoms with E-state index in [2.05, 4.69) is 25.5 Å². The molecule has 152 valence electrons. The molecule has 1 unspecified atom stereocenters. The smallest absolute Gasteiger partial charge is 0.365 e. The maximum absolute atomic E-state index is 13.4. The number of rotatable bonds is 5. The van der Waals surface area contributed by atoms with Gasteiger partial charge in [-0.15, -0.1) is 0 Å². The van der Waals surface area contributed by atoms with Crippen LogP contribution in [0.25, 0.3) is 0 Å². The second-order valence-corrected chi connectivity index (χ2v) is 7.40. The van der Waals surface area contributed by atoms with Crippen LogP contribution in [0, 0.1) is 0 Å². The summed E-state index contributed by atoms with van der Waals surface area (Å²) >= 11 is 11.9. The minimum atomic E-state index is -4.55. The average Bonchev–Trinajstić information content (AvgIpc) is 2.64. The lowest BCUT2D eigenvalue weighted by molar-refractivity contribution is -0.137. The number of alkyl halides is 3. The molecule has 1 aliphatic heterocycles. The zero-order valence-electron chi connectivity index (χ0n) is 15.2. The molecule has 0 aliphatic carbocycles. The van der Waals surface area contributed by atoms with Crippen LogP contribution < -0.4 is 10.6 Å². The van der Waals surface area contributed by atoms with Crippen LogP contribution in [0.4, 0.5) is 30.6 Å². The number of anilines is 3. The minimum Gasteiger partial charge on any atom is -0.365 e. The van der Waals surface area contributed by atoms with Gasteiger partial charge in [-0.1, -0.05) is 30.1 Å². The van der Waals surface area contributed by atoms with E-state index in [4.69, 9.17) is 23.2 Å². The number of halogens is 5. The second kappa shape index (κ2) is 8.71. The summed E-state index contributed by atoms with van der Waals surface area (Å²) in [5.74, 6) is -0.190. The Bertz CT molecular complexity index is 831. The fourth-order valence-electron chi connectivity index (χ4n) is 3.12. The van der Waals surface area contributed by atoms with E-state index in [9.17, 15) is 13.2 Å². The van der Waals surface area contributed by atoms with Crippen molar-refractivity contribution in [1.29, 1.82) is 0 Å². The van der Waals surface area contributed by atoms with Gasteiger partial charge in [0.1, 0.15) is 11.4 Å². The van der Waals surface area contributed by atoms with Gasteiger partial charge in [0.2, 0.25) is 5.95 Å². The van der Waals surface area contributed by atoms with E-state index in [-0.39, 0.29) is 17.8 Å². The van der Waals surface area contributed by atoms with Crippen molar-refractivity contribution in [1.82, 2.24) is 14.9 Å². The highest BCUT2D eigenvalue weighted by atomic mass is 35.5. The highest BCUT2D eigenvalue weighted by Crippen LogP contribution is 2.35. The molecule has 1 fully saturated rings. The quantitative estimate of drug-likeness (QED) is 0.656. The van der Waals surface area contributed by atoms with Crippen molar-refractivity contribution in [2.24, 2.45) is 0 Å². The van der Waals surface area contributed by atoms with Gasteiger partial charge in [0.15, 0.2) is 0 Å². The standard InChI is InChI=1S/C18H20Cl2F3N5/c1-2-28-7-3-4-12(10-28)25-16-13(18(21,22)23)9-24-17(27-16)26-11-5-6-14(19)15(20)8-11/h5-6,8-9,12H,2-4,7,10H2,1H3,(H2,24,25,26,27). The Hall–Kier alpha value is -1.77. The molecule has 0 spiro atoms. The Morgan fingerprint density at radius 1 is 1.25 bits per heavy atom. The minimum absolute atomic E-state index is 0.0389. The van der Waals surface area contributed by atoms with Gasteiger partial charge in [0.05, 0.1) is 10.0 Å². The normalized spacial score (nSPS) is 18.1. The zero-order chi connectivity index (χ0) is 20.3. The summed E-state index contributed by atoms with van der Waals surface area (Å²) in [5, 5.41) is 6.53. The summed E-state index contributed by atoms with van der Waals surface area (Å²) < 4.78 is 40.3. The maximum Gasteiger partial charge on any atom is 0.421 e. The fourth-order valence-corrected chi connectivity index (χ4v) is 3.41. The topological polar surface area (TPSA) is 53.1 Å².